The number of aromatic nitrogens is 2. The van der Waals surface area contributed by atoms with Crippen molar-refractivity contribution in [2.45, 2.75) is 32.6 Å². The minimum absolute atomic E-state index is 0.00442. The van der Waals surface area contributed by atoms with Crippen LogP contribution < -0.4 is 15.0 Å². The number of para-hydroxylation sites is 2. The second-order valence-electron chi connectivity index (χ2n) is 7.33. The maximum absolute atomic E-state index is 5.48. The number of rotatable bonds is 5. The van der Waals surface area contributed by atoms with Crippen molar-refractivity contribution in [2.24, 2.45) is 5.92 Å². The molecule has 1 aromatic carbocycles. The number of hydrogen-bond acceptors (Lipinski definition) is 6. The van der Waals surface area contributed by atoms with Crippen LogP contribution in [0.2, 0.25) is 0 Å². The fourth-order valence-electron chi connectivity index (χ4n) is 2.94. The third kappa shape index (κ3) is 3.80. The van der Waals surface area contributed by atoms with Gasteiger partial charge >= 0.3 is 0 Å². The van der Waals surface area contributed by atoms with Crippen LogP contribution in [-0.2, 0) is 5.41 Å². The van der Waals surface area contributed by atoms with E-state index in [1.165, 1.54) is 23.6 Å². The monoisotopic (exact) mass is 346 g/mol. The smallest absolute Gasteiger partial charge is 0.202 e. The molecule has 1 atom stereocenters. The Morgan fingerprint density at radius 3 is 2.83 bits per heavy atom. The highest BCUT2D eigenvalue weighted by molar-refractivity contribution is 7.09. The molecule has 0 radical (unpaired) electrons. The van der Waals surface area contributed by atoms with Gasteiger partial charge in [-0.3, -0.25) is 0 Å². The van der Waals surface area contributed by atoms with Crippen molar-refractivity contribution in [1.82, 2.24) is 9.36 Å². The molecule has 1 aliphatic heterocycles. The van der Waals surface area contributed by atoms with Crippen LogP contribution in [0.15, 0.2) is 24.3 Å². The van der Waals surface area contributed by atoms with Crippen LogP contribution in [0.25, 0.3) is 0 Å². The standard InChI is InChI=1S/C18H26N4OS/c1-18(2,3)16-20-17(24-21-16)19-11-13-9-10-22(12-13)14-7-5-6-8-15(14)23-4/h5-8,13H,9-12H2,1-4H3,(H,19,20,21). The number of benzene rings is 1. The van der Waals surface area contributed by atoms with Crippen LogP contribution in [0.5, 0.6) is 5.75 Å². The van der Waals surface area contributed by atoms with Crippen molar-refractivity contribution < 1.29 is 4.74 Å². The molecule has 2 aromatic rings. The number of anilines is 2. The van der Waals surface area contributed by atoms with Crippen LogP contribution in [0.3, 0.4) is 0 Å². The molecule has 1 aliphatic rings. The van der Waals surface area contributed by atoms with E-state index in [4.69, 9.17) is 4.74 Å². The summed E-state index contributed by atoms with van der Waals surface area (Å²) in [5.74, 6) is 2.47. The quantitative estimate of drug-likeness (QED) is 0.893. The average molecular weight is 347 g/mol. The Hall–Kier alpha value is -1.82. The summed E-state index contributed by atoms with van der Waals surface area (Å²) in [4.78, 5) is 7.02. The van der Waals surface area contributed by atoms with E-state index in [2.05, 4.69) is 52.5 Å². The lowest BCUT2D eigenvalue weighted by Crippen LogP contribution is -2.23. The van der Waals surface area contributed by atoms with Gasteiger partial charge in [-0.05, 0) is 24.5 Å². The Kier molecular flexibility index (Phi) is 4.94. The van der Waals surface area contributed by atoms with Crippen LogP contribution >= 0.6 is 11.5 Å². The van der Waals surface area contributed by atoms with E-state index in [1.807, 2.05) is 12.1 Å². The highest BCUT2D eigenvalue weighted by Crippen LogP contribution is 2.32. The maximum Gasteiger partial charge on any atom is 0.202 e. The Balaban J connectivity index is 1.56. The summed E-state index contributed by atoms with van der Waals surface area (Å²) in [6.07, 6.45) is 1.18. The first-order valence-corrected chi connectivity index (χ1v) is 9.20. The van der Waals surface area contributed by atoms with E-state index in [0.717, 1.165) is 36.3 Å². The van der Waals surface area contributed by atoms with Gasteiger partial charge in [0.2, 0.25) is 5.13 Å². The molecule has 0 spiro atoms. The Labute approximate surface area is 148 Å². The second-order valence-corrected chi connectivity index (χ2v) is 8.08. The van der Waals surface area contributed by atoms with E-state index < -0.39 is 0 Å². The SMILES string of the molecule is COc1ccccc1N1CCC(CNc2nc(C(C)(C)C)ns2)C1. The van der Waals surface area contributed by atoms with E-state index >= 15 is 0 Å². The van der Waals surface area contributed by atoms with Gasteiger partial charge in [0.25, 0.3) is 0 Å². The number of hydrogen-bond donors (Lipinski definition) is 1. The molecule has 0 aliphatic carbocycles. The first kappa shape index (κ1) is 17.0. The molecule has 0 amide bonds. The summed E-state index contributed by atoms with van der Waals surface area (Å²) in [7, 11) is 1.73. The molecule has 6 heteroatoms. The van der Waals surface area contributed by atoms with Crippen molar-refractivity contribution in [3.63, 3.8) is 0 Å². The summed E-state index contributed by atoms with van der Waals surface area (Å²) in [6, 6.07) is 8.24. The van der Waals surface area contributed by atoms with Gasteiger partial charge in [0.05, 0.1) is 12.8 Å². The predicted octanol–water partition coefficient (Wildman–Crippen LogP) is 3.78. The molecule has 2 heterocycles. The molecule has 1 N–H and O–H groups in total. The molecule has 1 fully saturated rings. The zero-order chi connectivity index (χ0) is 17.2. The van der Waals surface area contributed by atoms with Gasteiger partial charge in [0.1, 0.15) is 11.6 Å². The molecule has 5 nitrogen and oxygen atoms in total. The molecular formula is C18H26N4OS. The zero-order valence-corrected chi connectivity index (χ0v) is 15.7. The maximum atomic E-state index is 5.48. The molecule has 1 saturated heterocycles. The molecule has 0 saturated carbocycles. The van der Waals surface area contributed by atoms with Crippen LogP contribution in [0.1, 0.15) is 33.0 Å². The van der Waals surface area contributed by atoms with Crippen molar-refractivity contribution >= 4 is 22.4 Å². The van der Waals surface area contributed by atoms with Crippen molar-refractivity contribution in [3.05, 3.63) is 30.1 Å². The third-order valence-electron chi connectivity index (χ3n) is 4.35. The molecule has 1 aromatic heterocycles. The lowest BCUT2D eigenvalue weighted by molar-refractivity contribution is 0.414. The first-order chi connectivity index (χ1) is 11.5. The number of nitrogens with zero attached hydrogens (tertiary/aromatic N) is 3. The topological polar surface area (TPSA) is 50.3 Å². The van der Waals surface area contributed by atoms with Gasteiger partial charge in [0.15, 0.2) is 0 Å². The molecular weight excluding hydrogens is 320 g/mol. The van der Waals surface area contributed by atoms with Gasteiger partial charge in [-0.15, -0.1) is 0 Å². The molecule has 24 heavy (non-hydrogen) atoms. The van der Waals surface area contributed by atoms with Crippen LogP contribution in [-0.4, -0.2) is 36.1 Å². The van der Waals surface area contributed by atoms with Crippen molar-refractivity contribution in [2.75, 3.05) is 37.0 Å². The largest absolute Gasteiger partial charge is 0.495 e. The lowest BCUT2D eigenvalue weighted by atomic mass is 9.96. The van der Waals surface area contributed by atoms with Gasteiger partial charge in [-0.1, -0.05) is 32.9 Å². The Morgan fingerprint density at radius 1 is 1.33 bits per heavy atom. The Bertz CT molecular complexity index is 680. The summed E-state index contributed by atoms with van der Waals surface area (Å²) in [5, 5.41) is 4.39. The second kappa shape index (κ2) is 6.97. The van der Waals surface area contributed by atoms with E-state index in [-0.39, 0.29) is 5.41 Å². The molecule has 0 bridgehead atoms. The van der Waals surface area contributed by atoms with E-state index in [9.17, 15) is 0 Å². The summed E-state index contributed by atoms with van der Waals surface area (Å²) < 4.78 is 9.94. The summed E-state index contributed by atoms with van der Waals surface area (Å²) in [5.41, 5.74) is 1.19. The highest BCUT2D eigenvalue weighted by atomic mass is 32.1. The normalized spacial score (nSPS) is 18.0. The zero-order valence-electron chi connectivity index (χ0n) is 14.9. The number of nitrogens with one attached hydrogen (secondary N) is 1. The van der Waals surface area contributed by atoms with Gasteiger partial charge < -0.3 is 15.0 Å². The lowest BCUT2D eigenvalue weighted by Gasteiger charge is -2.21. The van der Waals surface area contributed by atoms with Crippen LogP contribution in [0.4, 0.5) is 10.8 Å². The summed E-state index contributed by atoms with van der Waals surface area (Å²) >= 11 is 1.46. The average Bonchev–Trinajstić information content (AvgIpc) is 3.21. The fourth-order valence-corrected chi connectivity index (χ4v) is 3.70. The molecule has 130 valence electrons. The van der Waals surface area contributed by atoms with Crippen molar-refractivity contribution in [3.8, 4) is 5.75 Å². The van der Waals surface area contributed by atoms with Crippen molar-refractivity contribution in [1.29, 1.82) is 0 Å². The molecule has 3 rings (SSSR count). The summed E-state index contributed by atoms with van der Waals surface area (Å²) in [6.45, 7) is 9.46. The number of methoxy groups -OCH3 is 1. The van der Waals surface area contributed by atoms with Crippen LogP contribution in [0, 0.1) is 5.92 Å². The van der Waals surface area contributed by atoms with Gasteiger partial charge in [-0.2, -0.15) is 4.37 Å². The van der Waals surface area contributed by atoms with E-state index in [1.54, 1.807) is 7.11 Å². The van der Waals surface area contributed by atoms with Gasteiger partial charge in [0, 0.05) is 36.6 Å². The predicted molar refractivity (Wildman–Crippen MR) is 100 cm³/mol. The number of ether oxygens (including phenoxy) is 1. The van der Waals surface area contributed by atoms with Gasteiger partial charge in [-0.25, -0.2) is 4.98 Å². The minimum Gasteiger partial charge on any atom is -0.495 e. The fraction of sp³-hybridized carbons (Fsp3) is 0.556. The highest BCUT2D eigenvalue weighted by Gasteiger charge is 2.25. The Morgan fingerprint density at radius 2 is 2.12 bits per heavy atom. The third-order valence-corrected chi connectivity index (χ3v) is 5.02. The first-order valence-electron chi connectivity index (χ1n) is 8.43. The molecule has 1 unspecified atom stereocenters. The minimum atomic E-state index is 0.00442. The van der Waals surface area contributed by atoms with E-state index in [0.29, 0.717) is 5.92 Å².